The van der Waals surface area contributed by atoms with Gasteiger partial charge in [-0.15, -0.1) is 0 Å². The second kappa shape index (κ2) is 7.29. The lowest BCUT2D eigenvalue weighted by Crippen LogP contribution is -2.27. The first kappa shape index (κ1) is 17.5. The van der Waals surface area contributed by atoms with Gasteiger partial charge in [-0.05, 0) is 36.3 Å². The number of carbonyl (C=O) groups is 1. The molecular weight excluding hydrogens is 354 g/mol. The average Bonchev–Trinajstić information content (AvgIpc) is 2.84. The number of thiocarbonyl (C=S) groups is 1. The van der Waals surface area contributed by atoms with Gasteiger partial charge in [0.05, 0.1) is 18.6 Å². The van der Waals surface area contributed by atoms with Gasteiger partial charge in [-0.1, -0.05) is 59.9 Å². The standard InChI is InChI=1S/C19H17NO3S2/c1-12-3-5-13(6-4-12)11-20-18(22)17(25-19(20)24)10-14-7-8-16(23-2)15(21)9-14/h3-10,21H,11H2,1-2H3/b17-10-. The van der Waals surface area contributed by atoms with Gasteiger partial charge in [-0.25, -0.2) is 0 Å². The van der Waals surface area contributed by atoms with E-state index in [0.29, 0.717) is 27.1 Å². The number of thioether (sulfide) groups is 1. The van der Waals surface area contributed by atoms with Crippen LogP contribution in [0.3, 0.4) is 0 Å². The van der Waals surface area contributed by atoms with Crippen molar-refractivity contribution in [2.24, 2.45) is 0 Å². The molecule has 0 radical (unpaired) electrons. The summed E-state index contributed by atoms with van der Waals surface area (Å²) in [5, 5.41) is 9.87. The highest BCUT2D eigenvalue weighted by Gasteiger charge is 2.31. The van der Waals surface area contributed by atoms with Crippen molar-refractivity contribution in [3.63, 3.8) is 0 Å². The molecule has 0 aromatic heterocycles. The third-order valence-electron chi connectivity index (χ3n) is 3.84. The van der Waals surface area contributed by atoms with Crippen LogP contribution in [0.4, 0.5) is 0 Å². The van der Waals surface area contributed by atoms with E-state index in [4.69, 9.17) is 17.0 Å². The van der Waals surface area contributed by atoms with E-state index in [1.165, 1.54) is 24.4 Å². The maximum Gasteiger partial charge on any atom is 0.266 e. The average molecular weight is 371 g/mol. The first-order valence-corrected chi connectivity index (χ1v) is 8.88. The van der Waals surface area contributed by atoms with Crippen LogP contribution in [-0.2, 0) is 11.3 Å². The molecule has 1 saturated heterocycles. The molecule has 0 atom stereocenters. The number of ether oxygens (including phenoxy) is 1. The van der Waals surface area contributed by atoms with Gasteiger partial charge in [0.15, 0.2) is 11.5 Å². The molecular formula is C19H17NO3S2. The molecule has 3 rings (SSSR count). The molecule has 0 unspecified atom stereocenters. The Kier molecular flexibility index (Phi) is 5.11. The van der Waals surface area contributed by atoms with E-state index in [9.17, 15) is 9.90 Å². The molecule has 25 heavy (non-hydrogen) atoms. The minimum atomic E-state index is -0.120. The molecule has 0 bridgehead atoms. The summed E-state index contributed by atoms with van der Waals surface area (Å²) in [5.74, 6) is 0.307. The van der Waals surface area contributed by atoms with Gasteiger partial charge >= 0.3 is 0 Å². The van der Waals surface area contributed by atoms with E-state index in [0.717, 1.165) is 5.56 Å². The Morgan fingerprint density at radius 1 is 1.24 bits per heavy atom. The second-order valence-corrected chi connectivity index (χ2v) is 7.36. The summed E-state index contributed by atoms with van der Waals surface area (Å²) in [6.07, 6.45) is 1.73. The van der Waals surface area contributed by atoms with Crippen molar-refractivity contribution in [3.8, 4) is 11.5 Å². The molecule has 128 valence electrons. The van der Waals surface area contributed by atoms with Crippen LogP contribution in [0.5, 0.6) is 11.5 Å². The molecule has 1 N–H and O–H groups in total. The van der Waals surface area contributed by atoms with Crippen LogP contribution in [0.1, 0.15) is 16.7 Å². The normalized spacial score (nSPS) is 15.9. The van der Waals surface area contributed by atoms with Crippen molar-refractivity contribution >= 4 is 40.3 Å². The van der Waals surface area contributed by atoms with E-state index < -0.39 is 0 Å². The number of methoxy groups -OCH3 is 1. The van der Waals surface area contributed by atoms with Crippen molar-refractivity contribution in [3.05, 3.63) is 64.1 Å². The van der Waals surface area contributed by atoms with Crippen LogP contribution in [-0.4, -0.2) is 27.3 Å². The SMILES string of the molecule is COc1ccc(/C=C2\SC(=S)N(Cc3ccc(C)cc3)C2=O)cc1O. The van der Waals surface area contributed by atoms with Crippen molar-refractivity contribution in [2.45, 2.75) is 13.5 Å². The summed E-state index contributed by atoms with van der Waals surface area (Å²) < 4.78 is 5.56. The Hall–Kier alpha value is -2.31. The van der Waals surface area contributed by atoms with Gasteiger partial charge < -0.3 is 9.84 Å². The van der Waals surface area contributed by atoms with Gasteiger partial charge in [-0.3, -0.25) is 9.69 Å². The van der Waals surface area contributed by atoms with E-state index in [1.54, 1.807) is 29.2 Å². The van der Waals surface area contributed by atoms with Crippen LogP contribution in [0.15, 0.2) is 47.4 Å². The molecule has 0 saturated carbocycles. The van der Waals surface area contributed by atoms with Gasteiger partial charge in [0.1, 0.15) is 4.32 Å². The van der Waals surface area contributed by atoms with Gasteiger partial charge in [-0.2, -0.15) is 0 Å². The Balaban J connectivity index is 1.80. The summed E-state index contributed by atoms with van der Waals surface area (Å²) >= 11 is 6.63. The zero-order valence-corrected chi connectivity index (χ0v) is 15.5. The zero-order valence-electron chi connectivity index (χ0n) is 13.9. The lowest BCUT2D eigenvalue weighted by atomic mass is 10.1. The van der Waals surface area contributed by atoms with Crippen molar-refractivity contribution in [1.82, 2.24) is 4.90 Å². The number of nitrogens with zero attached hydrogens (tertiary/aromatic N) is 1. The minimum Gasteiger partial charge on any atom is -0.504 e. The number of aryl methyl sites for hydroxylation is 1. The fraction of sp³-hybridized carbons (Fsp3) is 0.158. The van der Waals surface area contributed by atoms with Crippen molar-refractivity contribution in [1.29, 1.82) is 0 Å². The summed E-state index contributed by atoms with van der Waals surface area (Å²) in [6.45, 7) is 2.48. The van der Waals surface area contributed by atoms with Crippen LogP contribution in [0, 0.1) is 6.92 Å². The lowest BCUT2D eigenvalue weighted by Gasteiger charge is -2.14. The topological polar surface area (TPSA) is 49.8 Å². The van der Waals surface area contributed by atoms with Gasteiger partial charge in [0.2, 0.25) is 0 Å². The Morgan fingerprint density at radius 3 is 2.60 bits per heavy atom. The number of phenolic OH excluding ortho intramolecular Hbond substituents is 1. The molecule has 1 heterocycles. The molecule has 1 amide bonds. The smallest absolute Gasteiger partial charge is 0.266 e. The molecule has 6 heteroatoms. The molecule has 2 aromatic carbocycles. The largest absolute Gasteiger partial charge is 0.504 e. The number of aromatic hydroxyl groups is 1. The number of phenols is 1. The number of hydrogen-bond acceptors (Lipinski definition) is 5. The highest BCUT2D eigenvalue weighted by atomic mass is 32.2. The third-order valence-corrected chi connectivity index (χ3v) is 5.21. The molecule has 2 aromatic rings. The number of carbonyl (C=O) groups excluding carboxylic acids is 1. The van der Waals surface area contributed by atoms with Gasteiger partial charge in [0, 0.05) is 0 Å². The first-order valence-electron chi connectivity index (χ1n) is 7.66. The quantitative estimate of drug-likeness (QED) is 0.647. The van der Waals surface area contributed by atoms with Crippen LogP contribution in [0.25, 0.3) is 6.08 Å². The van der Waals surface area contributed by atoms with Crippen LogP contribution >= 0.6 is 24.0 Å². The molecule has 1 aliphatic heterocycles. The van der Waals surface area contributed by atoms with Crippen LogP contribution in [0.2, 0.25) is 0 Å². The highest BCUT2D eigenvalue weighted by Crippen LogP contribution is 2.35. The predicted octanol–water partition coefficient (Wildman–Crippen LogP) is 4.11. The predicted molar refractivity (Wildman–Crippen MR) is 105 cm³/mol. The summed E-state index contributed by atoms with van der Waals surface area (Å²) in [6, 6.07) is 13.0. The van der Waals surface area contributed by atoms with Crippen molar-refractivity contribution < 1.29 is 14.6 Å². The van der Waals surface area contributed by atoms with E-state index >= 15 is 0 Å². The van der Waals surface area contributed by atoms with Crippen LogP contribution < -0.4 is 4.74 Å². The molecule has 1 fully saturated rings. The van der Waals surface area contributed by atoms with E-state index in [-0.39, 0.29) is 11.7 Å². The number of rotatable bonds is 4. The maximum absolute atomic E-state index is 12.7. The lowest BCUT2D eigenvalue weighted by molar-refractivity contribution is -0.122. The number of hydrogen-bond donors (Lipinski definition) is 1. The Bertz CT molecular complexity index is 859. The highest BCUT2D eigenvalue weighted by molar-refractivity contribution is 8.26. The Morgan fingerprint density at radius 2 is 1.96 bits per heavy atom. The monoisotopic (exact) mass is 371 g/mol. The fourth-order valence-corrected chi connectivity index (χ4v) is 3.72. The summed E-state index contributed by atoms with van der Waals surface area (Å²) in [4.78, 5) is 14.8. The van der Waals surface area contributed by atoms with E-state index in [1.807, 2.05) is 31.2 Å². The first-order chi connectivity index (χ1) is 12.0. The number of amides is 1. The van der Waals surface area contributed by atoms with Gasteiger partial charge in [0.25, 0.3) is 5.91 Å². The third kappa shape index (κ3) is 3.86. The zero-order chi connectivity index (χ0) is 18.0. The molecule has 1 aliphatic rings. The minimum absolute atomic E-state index is 0.0337. The van der Waals surface area contributed by atoms with Crippen molar-refractivity contribution in [2.75, 3.05) is 7.11 Å². The van der Waals surface area contributed by atoms with E-state index in [2.05, 4.69) is 0 Å². The molecule has 0 spiro atoms. The summed E-state index contributed by atoms with van der Waals surface area (Å²) in [5.41, 5.74) is 2.92. The second-order valence-electron chi connectivity index (χ2n) is 5.68. The fourth-order valence-electron chi connectivity index (χ4n) is 2.46. The summed E-state index contributed by atoms with van der Waals surface area (Å²) in [7, 11) is 1.49. The molecule has 4 nitrogen and oxygen atoms in total. The molecule has 0 aliphatic carbocycles. The Labute approximate surface area is 156 Å². The maximum atomic E-state index is 12.7. The number of benzene rings is 2.